The second-order valence-electron chi connectivity index (χ2n) is 6.29. The normalized spacial score (nSPS) is 16.3. The third kappa shape index (κ3) is 4.31. The van der Waals surface area contributed by atoms with E-state index in [2.05, 4.69) is 5.32 Å². The van der Waals surface area contributed by atoms with Crippen LogP contribution in [-0.2, 0) is 4.79 Å². The first-order chi connectivity index (χ1) is 12.2. The van der Waals surface area contributed by atoms with Crippen molar-refractivity contribution in [3.8, 4) is 5.75 Å². The van der Waals surface area contributed by atoms with Crippen LogP contribution in [0.4, 0.5) is 5.69 Å². The minimum atomic E-state index is -1.08. The molecular weight excluding hydrogens is 316 g/mol. The lowest BCUT2D eigenvalue weighted by Gasteiger charge is -2.34. The summed E-state index contributed by atoms with van der Waals surface area (Å²) in [5.74, 6) is 0.606. The maximum absolute atomic E-state index is 12.5. The van der Waals surface area contributed by atoms with Crippen LogP contribution in [0.5, 0.6) is 5.75 Å². The van der Waals surface area contributed by atoms with Gasteiger partial charge in [0.2, 0.25) is 0 Å². The lowest BCUT2D eigenvalue weighted by Crippen LogP contribution is -2.44. The van der Waals surface area contributed by atoms with Gasteiger partial charge in [-0.2, -0.15) is 0 Å². The van der Waals surface area contributed by atoms with E-state index < -0.39 is 6.10 Å². The molecule has 1 unspecified atom stereocenters. The van der Waals surface area contributed by atoms with Gasteiger partial charge in [-0.15, -0.1) is 0 Å². The Bertz CT molecular complexity index is 697. The molecule has 1 heterocycles. The number of carbonyl (C=O) groups is 1. The number of carbonyl (C=O) groups excluding carboxylic acids is 1. The molecule has 1 aliphatic rings. The van der Waals surface area contributed by atoms with Crippen molar-refractivity contribution in [3.05, 3.63) is 60.2 Å². The lowest BCUT2D eigenvalue weighted by molar-refractivity contribution is -0.141. The third-order valence-corrected chi connectivity index (χ3v) is 4.60. The highest BCUT2D eigenvalue weighted by Crippen LogP contribution is 2.23. The summed E-state index contributed by atoms with van der Waals surface area (Å²) in [5.41, 5.74) is 1.66. The number of rotatable bonds is 5. The van der Waals surface area contributed by atoms with Crippen LogP contribution in [0.1, 0.15) is 24.5 Å². The quantitative estimate of drug-likeness (QED) is 0.879. The van der Waals surface area contributed by atoms with Crippen molar-refractivity contribution < 1.29 is 14.6 Å². The van der Waals surface area contributed by atoms with Gasteiger partial charge in [-0.25, -0.2) is 0 Å². The summed E-state index contributed by atoms with van der Waals surface area (Å²) in [6.45, 7) is 1.29. The van der Waals surface area contributed by atoms with Gasteiger partial charge in [-0.1, -0.05) is 36.4 Å². The van der Waals surface area contributed by atoms with E-state index in [0.717, 1.165) is 24.3 Å². The SMILES string of the molecule is COc1cccc(NC2CCN(C(=O)C(O)c3ccccc3)CC2)c1. The van der Waals surface area contributed by atoms with E-state index in [1.807, 2.05) is 42.5 Å². The van der Waals surface area contributed by atoms with Crippen molar-refractivity contribution in [2.75, 3.05) is 25.5 Å². The van der Waals surface area contributed by atoms with Gasteiger partial charge >= 0.3 is 0 Å². The fourth-order valence-corrected chi connectivity index (χ4v) is 3.14. The third-order valence-electron chi connectivity index (χ3n) is 4.60. The van der Waals surface area contributed by atoms with Gasteiger partial charge in [-0.05, 0) is 30.5 Å². The van der Waals surface area contributed by atoms with Gasteiger partial charge in [0.05, 0.1) is 7.11 Å². The Hall–Kier alpha value is -2.53. The van der Waals surface area contributed by atoms with E-state index in [-0.39, 0.29) is 5.91 Å². The van der Waals surface area contributed by atoms with Crippen LogP contribution in [0.15, 0.2) is 54.6 Å². The maximum Gasteiger partial charge on any atom is 0.256 e. The molecule has 0 aromatic heterocycles. The molecule has 2 aromatic carbocycles. The Morgan fingerprint density at radius 2 is 1.88 bits per heavy atom. The van der Waals surface area contributed by atoms with Gasteiger partial charge in [-0.3, -0.25) is 4.79 Å². The molecule has 2 aromatic rings. The molecular formula is C20H24N2O3. The first-order valence-electron chi connectivity index (χ1n) is 8.60. The van der Waals surface area contributed by atoms with Crippen molar-refractivity contribution >= 4 is 11.6 Å². The predicted octanol–water partition coefficient (Wildman–Crippen LogP) is 2.83. The fourth-order valence-electron chi connectivity index (χ4n) is 3.14. The van der Waals surface area contributed by atoms with Crippen molar-refractivity contribution in [2.45, 2.75) is 25.0 Å². The van der Waals surface area contributed by atoms with Crippen LogP contribution in [0.25, 0.3) is 0 Å². The van der Waals surface area contributed by atoms with Gasteiger partial charge in [0, 0.05) is 30.9 Å². The van der Waals surface area contributed by atoms with Crippen LogP contribution < -0.4 is 10.1 Å². The first-order valence-corrected chi connectivity index (χ1v) is 8.60. The number of likely N-dealkylation sites (tertiary alicyclic amines) is 1. The highest BCUT2D eigenvalue weighted by molar-refractivity contribution is 5.82. The summed E-state index contributed by atoms with van der Waals surface area (Å²) >= 11 is 0. The molecule has 1 amide bonds. The highest BCUT2D eigenvalue weighted by atomic mass is 16.5. The molecule has 1 atom stereocenters. The van der Waals surface area contributed by atoms with Crippen LogP contribution in [0, 0.1) is 0 Å². The summed E-state index contributed by atoms with van der Waals surface area (Å²) in [4.78, 5) is 14.2. The van der Waals surface area contributed by atoms with Crippen LogP contribution >= 0.6 is 0 Å². The summed E-state index contributed by atoms with van der Waals surface area (Å²) in [6, 6.07) is 17.2. The van der Waals surface area contributed by atoms with E-state index >= 15 is 0 Å². The highest BCUT2D eigenvalue weighted by Gasteiger charge is 2.27. The topological polar surface area (TPSA) is 61.8 Å². The standard InChI is InChI=1S/C20H24N2O3/c1-25-18-9-5-8-17(14-18)21-16-10-12-22(13-11-16)20(24)19(23)15-6-3-2-4-7-15/h2-9,14,16,19,21,23H,10-13H2,1H3. The van der Waals surface area contributed by atoms with E-state index in [1.54, 1.807) is 24.1 Å². The Balaban J connectivity index is 1.53. The molecule has 0 saturated carbocycles. The molecule has 132 valence electrons. The average molecular weight is 340 g/mol. The number of piperidine rings is 1. The van der Waals surface area contributed by atoms with Gasteiger partial charge in [0.25, 0.3) is 5.91 Å². The number of ether oxygens (including phenoxy) is 1. The second kappa shape index (κ2) is 8.03. The minimum absolute atomic E-state index is 0.217. The van der Waals surface area contributed by atoms with Crippen LogP contribution in [0.2, 0.25) is 0 Å². The summed E-state index contributed by atoms with van der Waals surface area (Å²) in [7, 11) is 1.65. The number of anilines is 1. The number of benzene rings is 2. The molecule has 5 heteroatoms. The molecule has 2 N–H and O–H groups in total. The average Bonchev–Trinajstić information content (AvgIpc) is 2.68. The molecule has 1 saturated heterocycles. The van der Waals surface area contributed by atoms with Gasteiger partial charge in [0.1, 0.15) is 5.75 Å². The van der Waals surface area contributed by atoms with E-state index in [0.29, 0.717) is 24.7 Å². The lowest BCUT2D eigenvalue weighted by atomic mass is 10.0. The number of methoxy groups -OCH3 is 1. The van der Waals surface area contributed by atoms with E-state index in [1.165, 1.54) is 0 Å². The zero-order valence-corrected chi connectivity index (χ0v) is 14.4. The number of amides is 1. The van der Waals surface area contributed by atoms with Crippen molar-refractivity contribution in [2.24, 2.45) is 0 Å². The number of nitrogens with zero attached hydrogens (tertiary/aromatic N) is 1. The number of nitrogens with one attached hydrogen (secondary N) is 1. The number of aliphatic hydroxyl groups is 1. The van der Waals surface area contributed by atoms with E-state index in [4.69, 9.17) is 4.74 Å². The summed E-state index contributed by atoms with van der Waals surface area (Å²) in [6.07, 6.45) is 0.624. The number of hydrogen-bond donors (Lipinski definition) is 2. The van der Waals surface area contributed by atoms with Crippen molar-refractivity contribution in [3.63, 3.8) is 0 Å². The molecule has 3 rings (SSSR count). The zero-order valence-electron chi connectivity index (χ0n) is 14.4. The van der Waals surface area contributed by atoms with E-state index in [9.17, 15) is 9.90 Å². The zero-order chi connectivity index (χ0) is 17.6. The monoisotopic (exact) mass is 340 g/mol. The molecule has 0 radical (unpaired) electrons. The molecule has 0 aliphatic carbocycles. The number of hydrogen-bond acceptors (Lipinski definition) is 4. The molecule has 5 nitrogen and oxygen atoms in total. The first kappa shape index (κ1) is 17.3. The Kier molecular flexibility index (Phi) is 5.56. The minimum Gasteiger partial charge on any atom is -0.497 e. The van der Waals surface area contributed by atoms with Crippen LogP contribution in [0.3, 0.4) is 0 Å². The van der Waals surface area contributed by atoms with Crippen molar-refractivity contribution in [1.82, 2.24) is 4.90 Å². The smallest absolute Gasteiger partial charge is 0.256 e. The summed E-state index contributed by atoms with van der Waals surface area (Å²) in [5, 5.41) is 13.8. The molecule has 1 aliphatic heterocycles. The van der Waals surface area contributed by atoms with Gasteiger partial charge in [0.15, 0.2) is 6.10 Å². The molecule has 0 bridgehead atoms. The largest absolute Gasteiger partial charge is 0.497 e. The molecule has 25 heavy (non-hydrogen) atoms. The fraction of sp³-hybridized carbons (Fsp3) is 0.350. The Morgan fingerprint density at radius 3 is 2.56 bits per heavy atom. The van der Waals surface area contributed by atoms with Gasteiger partial charge < -0.3 is 20.1 Å². The second-order valence-corrected chi connectivity index (χ2v) is 6.29. The maximum atomic E-state index is 12.5. The summed E-state index contributed by atoms with van der Waals surface area (Å²) < 4.78 is 5.24. The molecule has 1 fully saturated rings. The molecule has 0 spiro atoms. The number of aliphatic hydroxyl groups excluding tert-OH is 1. The van der Waals surface area contributed by atoms with Crippen LogP contribution in [-0.4, -0.2) is 42.2 Å². The Labute approximate surface area is 148 Å². The predicted molar refractivity (Wildman–Crippen MR) is 97.6 cm³/mol. The van der Waals surface area contributed by atoms with Crippen molar-refractivity contribution in [1.29, 1.82) is 0 Å². The Morgan fingerprint density at radius 1 is 1.16 bits per heavy atom.